The molecule has 1 amide bonds. The molecule has 1 saturated heterocycles. The van der Waals surface area contributed by atoms with Gasteiger partial charge in [-0.1, -0.05) is 23.9 Å². The number of carbonyl (C=O) groups excluding carboxylic acids is 1. The van der Waals surface area contributed by atoms with Crippen molar-refractivity contribution in [3.8, 4) is 5.69 Å². The highest BCUT2D eigenvalue weighted by Gasteiger charge is 2.21. The van der Waals surface area contributed by atoms with Gasteiger partial charge < -0.3 is 4.90 Å². The monoisotopic (exact) mass is 401 g/mol. The third-order valence-corrected chi connectivity index (χ3v) is 5.60. The zero-order valence-corrected chi connectivity index (χ0v) is 15.7. The Balaban J connectivity index is 1.79. The largest absolute Gasteiger partial charge is 0.342 e. The molecule has 0 aliphatic carbocycles. The first kappa shape index (κ1) is 18.6. The van der Waals surface area contributed by atoms with Crippen molar-refractivity contribution in [1.29, 1.82) is 0 Å². The number of thioether (sulfide) groups is 1. The molecule has 5 nitrogen and oxygen atoms in total. The lowest BCUT2D eigenvalue weighted by atomic mass is 10.2. The molecule has 0 radical (unpaired) electrons. The maximum Gasteiger partial charge on any atom is 0.266 e. The van der Waals surface area contributed by atoms with Crippen molar-refractivity contribution in [3.05, 3.63) is 64.5 Å². The molecule has 1 aromatic heterocycles. The minimum Gasteiger partial charge on any atom is -0.342 e. The Labute approximate surface area is 164 Å². The summed E-state index contributed by atoms with van der Waals surface area (Å²) in [4.78, 5) is 31.7. The van der Waals surface area contributed by atoms with Crippen molar-refractivity contribution in [3.63, 3.8) is 0 Å². The van der Waals surface area contributed by atoms with Crippen molar-refractivity contribution in [1.82, 2.24) is 14.5 Å². The highest BCUT2D eigenvalue weighted by Crippen LogP contribution is 2.24. The van der Waals surface area contributed by atoms with Gasteiger partial charge in [0.2, 0.25) is 5.91 Å². The van der Waals surface area contributed by atoms with Gasteiger partial charge in [-0.3, -0.25) is 14.2 Å². The number of aromatic nitrogens is 2. The lowest BCUT2D eigenvalue weighted by Crippen LogP contribution is -2.30. The topological polar surface area (TPSA) is 55.2 Å². The molecule has 0 N–H and O–H groups in total. The van der Waals surface area contributed by atoms with E-state index in [0.717, 1.165) is 54.4 Å². The summed E-state index contributed by atoms with van der Waals surface area (Å²) in [5.41, 5.74) is -0.101. The lowest BCUT2D eigenvalue weighted by molar-refractivity contribution is -0.127. The Morgan fingerprint density at radius 2 is 1.86 bits per heavy atom. The number of hydrogen-bond acceptors (Lipinski definition) is 4. The number of amides is 1. The molecule has 0 atom stereocenters. The Kier molecular flexibility index (Phi) is 5.13. The SMILES string of the molecule is O=C(CSc1nc2ccccc2c(=O)n1-c1ccc(F)cc1F)N1CCCC1. The second-order valence-electron chi connectivity index (χ2n) is 6.52. The molecular formula is C20H17F2N3O2S. The van der Waals surface area contributed by atoms with E-state index in [0.29, 0.717) is 10.9 Å². The normalized spacial score (nSPS) is 14.0. The van der Waals surface area contributed by atoms with Crippen LogP contribution in [-0.4, -0.2) is 39.2 Å². The second-order valence-corrected chi connectivity index (χ2v) is 7.47. The standard InChI is InChI=1S/C20H17F2N3O2S/c21-13-7-8-17(15(22)11-13)25-19(27)14-5-1-2-6-16(14)23-20(25)28-12-18(26)24-9-3-4-10-24/h1-2,5-8,11H,3-4,9-10,12H2. The van der Waals surface area contributed by atoms with Crippen LogP contribution in [0.3, 0.4) is 0 Å². The first-order chi connectivity index (χ1) is 13.5. The van der Waals surface area contributed by atoms with Crippen LogP contribution < -0.4 is 5.56 Å². The molecule has 1 aliphatic rings. The number of likely N-dealkylation sites (tertiary alicyclic amines) is 1. The minimum atomic E-state index is -0.869. The second kappa shape index (κ2) is 7.71. The van der Waals surface area contributed by atoms with E-state index >= 15 is 0 Å². The van der Waals surface area contributed by atoms with E-state index in [1.54, 1.807) is 29.2 Å². The summed E-state index contributed by atoms with van der Waals surface area (Å²) < 4.78 is 28.9. The van der Waals surface area contributed by atoms with E-state index in [1.165, 1.54) is 6.07 Å². The first-order valence-electron chi connectivity index (χ1n) is 8.92. The quantitative estimate of drug-likeness (QED) is 0.497. The fourth-order valence-corrected chi connectivity index (χ4v) is 4.18. The molecule has 3 aromatic rings. The van der Waals surface area contributed by atoms with Gasteiger partial charge in [-0.05, 0) is 37.1 Å². The minimum absolute atomic E-state index is 0.0453. The number of carbonyl (C=O) groups is 1. The van der Waals surface area contributed by atoms with Gasteiger partial charge in [-0.25, -0.2) is 13.8 Å². The molecule has 144 valence electrons. The zero-order chi connectivity index (χ0) is 19.7. The van der Waals surface area contributed by atoms with Crippen molar-refractivity contribution < 1.29 is 13.6 Å². The van der Waals surface area contributed by atoms with E-state index in [4.69, 9.17) is 0 Å². The molecule has 0 saturated carbocycles. The summed E-state index contributed by atoms with van der Waals surface area (Å²) in [6, 6.07) is 9.75. The van der Waals surface area contributed by atoms with Gasteiger partial charge in [-0.2, -0.15) is 0 Å². The maximum absolute atomic E-state index is 14.4. The number of para-hydroxylation sites is 1. The van der Waals surface area contributed by atoms with E-state index < -0.39 is 17.2 Å². The fraction of sp³-hybridized carbons (Fsp3) is 0.250. The predicted octanol–water partition coefficient (Wildman–Crippen LogP) is 3.38. The van der Waals surface area contributed by atoms with Crippen LogP contribution in [0.1, 0.15) is 12.8 Å². The van der Waals surface area contributed by atoms with Crippen LogP contribution in [0.5, 0.6) is 0 Å². The van der Waals surface area contributed by atoms with Crippen LogP contribution in [0, 0.1) is 11.6 Å². The van der Waals surface area contributed by atoms with Gasteiger partial charge in [0.25, 0.3) is 5.56 Å². The highest BCUT2D eigenvalue weighted by atomic mass is 32.2. The van der Waals surface area contributed by atoms with E-state index in [9.17, 15) is 18.4 Å². The van der Waals surface area contributed by atoms with Crippen molar-refractivity contribution in [2.45, 2.75) is 18.0 Å². The lowest BCUT2D eigenvalue weighted by Gasteiger charge is -2.16. The van der Waals surface area contributed by atoms with Gasteiger partial charge in [0.05, 0.1) is 22.3 Å². The van der Waals surface area contributed by atoms with Crippen LogP contribution in [0.25, 0.3) is 16.6 Å². The molecule has 0 spiro atoms. The van der Waals surface area contributed by atoms with Crippen LogP contribution in [0.2, 0.25) is 0 Å². The van der Waals surface area contributed by atoms with E-state index in [1.807, 2.05) is 0 Å². The Morgan fingerprint density at radius 3 is 2.61 bits per heavy atom. The molecule has 1 aliphatic heterocycles. The van der Waals surface area contributed by atoms with Crippen LogP contribution in [0.15, 0.2) is 52.4 Å². The summed E-state index contributed by atoms with van der Waals surface area (Å²) in [5.74, 6) is -1.56. The van der Waals surface area contributed by atoms with Gasteiger partial charge >= 0.3 is 0 Å². The third-order valence-electron chi connectivity index (χ3n) is 4.68. The molecule has 0 unspecified atom stereocenters. The molecule has 0 bridgehead atoms. The van der Waals surface area contributed by atoms with Gasteiger partial charge in [0, 0.05) is 19.2 Å². The number of fused-ring (bicyclic) bond motifs is 1. The van der Waals surface area contributed by atoms with Crippen LogP contribution in [-0.2, 0) is 4.79 Å². The molecule has 8 heteroatoms. The molecule has 1 fully saturated rings. The van der Waals surface area contributed by atoms with Crippen LogP contribution >= 0.6 is 11.8 Å². The Morgan fingerprint density at radius 1 is 1.11 bits per heavy atom. The summed E-state index contributed by atoms with van der Waals surface area (Å²) in [6.45, 7) is 1.45. The summed E-state index contributed by atoms with van der Waals surface area (Å²) in [7, 11) is 0. The van der Waals surface area contributed by atoms with Crippen molar-refractivity contribution in [2.24, 2.45) is 0 Å². The highest BCUT2D eigenvalue weighted by molar-refractivity contribution is 7.99. The smallest absolute Gasteiger partial charge is 0.266 e. The molecule has 2 aromatic carbocycles. The van der Waals surface area contributed by atoms with E-state index in [2.05, 4.69) is 4.98 Å². The van der Waals surface area contributed by atoms with Crippen LogP contribution in [0.4, 0.5) is 8.78 Å². The van der Waals surface area contributed by atoms with E-state index in [-0.39, 0.29) is 22.5 Å². The summed E-state index contributed by atoms with van der Waals surface area (Å²) in [6.07, 6.45) is 1.96. The molecule has 4 rings (SSSR count). The zero-order valence-electron chi connectivity index (χ0n) is 14.9. The average Bonchev–Trinajstić information content (AvgIpc) is 3.22. The van der Waals surface area contributed by atoms with Gasteiger partial charge in [0.1, 0.15) is 11.6 Å². The predicted molar refractivity (Wildman–Crippen MR) is 104 cm³/mol. The molecule has 28 heavy (non-hydrogen) atoms. The number of rotatable bonds is 4. The number of benzene rings is 2. The Hall–Kier alpha value is -2.74. The summed E-state index contributed by atoms with van der Waals surface area (Å²) >= 11 is 1.08. The van der Waals surface area contributed by atoms with Gasteiger partial charge in [-0.15, -0.1) is 0 Å². The first-order valence-corrected chi connectivity index (χ1v) is 9.91. The Bertz CT molecular complexity index is 1110. The third kappa shape index (κ3) is 3.52. The maximum atomic E-state index is 14.4. The number of nitrogens with zero attached hydrogens (tertiary/aromatic N) is 3. The van der Waals surface area contributed by atoms with Gasteiger partial charge in [0.15, 0.2) is 5.16 Å². The number of halogens is 2. The summed E-state index contributed by atoms with van der Waals surface area (Å²) in [5, 5.41) is 0.517. The van der Waals surface area contributed by atoms with Crippen molar-refractivity contribution >= 4 is 28.6 Å². The molecular weight excluding hydrogens is 384 g/mol. The van der Waals surface area contributed by atoms with Crippen molar-refractivity contribution in [2.75, 3.05) is 18.8 Å². The number of hydrogen-bond donors (Lipinski definition) is 0. The fourth-order valence-electron chi connectivity index (χ4n) is 3.27. The average molecular weight is 401 g/mol. The molecule has 2 heterocycles.